The van der Waals surface area contributed by atoms with Crippen molar-refractivity contribution in [3.63, 3.8) is 0 Å². The molecule has 0 amide bonds. The van der Waals surface area contributed by atoms with Crippen molar-refractivity contribution in [2.24, 2.45) is 23.5 Å². The zero-order valence-corrected chi connectivity index (χ0v) is 37.5. The SMILES string of the molecule is CC1OC(OC2/C=C/C=C/C=C/C=C/C=C/C=C/C=C/[C@H](C)[C@@H](O)[C@@H](C)[C@H](C)OC(=O)C[C@H](O)CC(=O)C[C@H](O)CCC(O)[C@H](O)C[C@]3(O)C[C@H](O)[C@@H](C(=O)O)C(C2)O3)C(O)C(N)C1O. The van der Waals surface area contributed by atoms with E-state index in [0.717, 1.165) is 0 Å². The molecular formula is C47H71NO17. The number of ketones is 1. The number of esters is 1. The van der Waals surface area contributed by atoms with Crippen molar-refractivity contribution in [2.45, 2.75) is 170 Å². The topological polar surface area (TPSA) is 316 Å². The smallest absolute Gasteiger partial charge is 0.311 e. The molecule has 0 aliphatic carbocycles. The minimum Gasteiger partial charge on any atom is -0.481 e. The van der Waals surface area contributed by atoms with Gasteiger partial charge in [0.25, 0.3) is 0 Å². The van der Waals surface area contributed by atoms with Crippen molar-refractivity contribution < 1.29 is 84.4 Å². The van der Waals surface area contributed by atoms with E-state index in [0.29, 0.717) is 0 Å². The normalized spacial score (nSPS) is 44.4. The molecule has 18 heteroatoms. The van der Waals surface area contributed by atoms with Crippen LogP contribution in [-0.2, 0) is 33.3 Å². The Bertz CT molecular complexity index is 1710. The molecule has 12 N–H and O–H groups in total. The number of allylic oxidation sites excluding steroid dienone is 12. The Morgan fingerprint density at radius 3 is 1.80 bits per heavy atom. The molecule has 0 spiro atoms. The molecule has 2 bridgehead atoms. The van der Waals surface area contributed by atoms with Gasteiger partial charge in [0.2, 0.25) is 0 Å². The molecular weight excluding hydrogens is 851 g/mol. The van der Waals surface area contributed by atoms with Crippen LogP contribution in [0.2, 0.25) is 0 Å². The van der Waals surface area contributed by atoms with Gasteiger partial charge in [-0.2, -0.15) is 0 Å². The average molecular weight is 922 g/mol. The maximum Gasteiger partial charge on any atom is 0.311 e. The number of cyclic esters (lactones) is 1. The highest BCUT2D eigenvalue weighted by Crippen LogP contribution is 2.38. The summed E-state index contributed by atoms with van der Waals surface area (Å²) in [6, 6.07) is -1.15. The second-order valence-electron chi connectivity index (χ2n) is 17.4. The fraction of sp³-hybridized carbons (Fsp3) is 0.638. The third-order valence-corrected chi connectivity index (χ3v) is 11.9. The lowest BCUT2D eigenvalue weighted by atomic mass is 9.82. The molecule has 3 aliphatic heterocycles. The number of aliphatic hydroxyl groups excluding tert-OH is 8. The van der Waals surface area contributed by atoms with Crippen LogP contribution in [0.25, 0.3) is 0 Å². The van der Waals surface area contributed by atoms with Crippen molar-refractivity contribution in [1.82, 2.24) is 0 Å². The van der Waals surface area contributed by atoms with Crippen LogP contribution in [0.3, 0.4) is 0 Å². The Morgan fingerprint density at radius 2 is 1.22 bits per heavy atom. The van der Waals surface area contributed by atoms with Gasteiger partial charge in [-0.3, -0.25) is 14.4 Å². The summed E-state index contributed by atoms with van der Waals surface area (Å²) < 4.78 is 23.1. The summed E-state index contributed by atoms with van der Waals surface area (Å²) >= 11 is 0. The summed E-state index contributed by atoms with van der Waals surface area (Å²) in [5.41, 5.74) is 6.01. The number of carboxylic acids is 1. The van der Waals surface area contributed by atoms with E-state index in [1.54, 1.807) is 86.8 Å². The van der Waals surface area contributed by atoms with Crippen LogP contribution in [0.4, 0.5) is 0 Å². The van der Waals surface area contributed by atoms with Crippen LogP contribution in [0.1, 0.15) is 79.1 Å². The largest absolute Gasteiger partial charge is 0.481 e. The average Bonchev–Trinajstić information content (AvgIpc) is 3.21. The third kappa shape index (κ3) is 18.5. The number of carbonyl (C=O) groups excluding carboxylic acids is 2. The van der Waals surface area contributed by atoms with Crippen molar-refractivity contribution in [3.05, 3.63) is 85.1 Å². The molecule has 2 fully saturated rings. The van der Waals surface area contributed by atoms with Crippen molar-refractivity contribution in [2.75, 3.05) is 0 Å². The third-order valence-electron chi connectivity index (χ3n) is 11.9. The van der Waals surface area contributed by atoms with Gasteiger partial charge in [0.05, 0.1) is 73.5 Å². The number of carbonyl (C=O) groups is 3. The molecule has 0 aromatic carbocycles. The fourth-order valence-corrected chi connectivity index (χ4v) is 7.81. The molecule has 3 rings (SSSR count). The highest BCUT2D eigenvalue weighted by Gasteiger charge is 2.51. The molecule has 8 unspecified atom stereocenters. The van der Waals surface area contributed by atoms with Gasteiger partial charge in [-0.25, -0.2) is 0 Å². The number of aliphatic hydroxyl groups is 9. The molecule has 0 aromatic heterocycles. The van der Waals surface area contributed by atoms with Crippen LogP contribution in [-0.4, -0.2) is 160 Å². The lowest BCUT2D eigenvalue weighted by molar-refractivity contribution is -0.310. The Hall–Kier alpha value is -3.73. The molecule has 2 saturated heterocycles. The summed E-state index contributed by atoms with van der Waals surface area (Å²) in [5.74, 6) is -7.57. The predicted octanol–water partition coefficient (Wildman–Crippen LogP) is 0.920. The number of ether oxygens (including phenoxy) is 4. The van der Waals surface area contributed by atoms with E-state index in [2.05, 4.69) is 0 Å². The Labute approximate surface area is 380 Å². The number of nitrogens with two attached hydrogens (primary N) is 1. The maximum atomic E-state index is 12.7. The van der Waals surface area contributed by atoms with E-state index in [-0.39, 0.29) is 25.2 Å². The Morgan fingerprint density at radius 1 is 0.677 bits per heavy atom. The highest BCUT2D eigenvalue weighted by molar-refractivity contribution is 5.80. The van der Waals surface area contributed by atoms with Gasteiger partial charge >= 0.3 is 11.9 Å². The van der Waals surface area contributed by atoms with E-state index in [9.17, 15) is 65.4 Å². The van der Waals surface area contributed by atoms with E-state index in [4.69, 9.17) is 24.7 Å². The van der Waals surface area contributed by atoms with Gasteiger partial charge in [0.1, 0.15) is 23.9 Å². The van der Waals surface area contributed by atoms with Gasteiger partial charge < -0.3 is 75.7 Å². The summed E-state index contributed by atoms with van der Waals surface area (Å²) in [7, 11) is 0. The molecule has 3 aliphatic rings. The van der Waals surface area contributed by atoms with E-state index in [1.807, 2.05) is 13.0 Å². The first kappa shape index (κ1) is 55.6. The first-order chi connectivity index (χ1) is 30.6. The Balaban J connectivity index is 1.86. The van der Waals surface area contributed by atoms with Crippen LogP contribution >= 0.6 is 0 Å². The van der Waals surface area contributed by atoms with Crippen LogP contribution in [0.15, 0.2) is 85.1 Å². The van der Waals surface area contributed by atoms with Crippen molar-refractivity contribution >= 4 is 17.7 Å². The van der Waals surface area contributed by atoms with E-state index < -0.39 is 153 Å². The molecule has 18 nitrogen and oxygen atoms in total. The number of hydrogen-bond acceptors (Lipinski definition) is 17. The lowest BCUT2D eigenvalue weighted by Crippen LogP contribution is -2.61. The number of fused-ring (bicyclic) bond motifs is 2. The van der Waals surface area contributed by atoms with E-state index >= 15 is 0 Å². The number of Topliss-reactive ketones (excluding diaryl/α,β-unsaturated/α-hetero) is 1. The minimum atomic E-state index is -2.37. The fourth-order valence-electron chi connectivity index (χ4n) is 7.81. The molecule has 0 aromatic rings. The number of hydrogen-bond donors (Lipinski definition) is 11. The number of rotatable bonds is 3. The first-order valence-electron chi connectivity index (χ1n) is 22.2. The molecule has 18 atom stereocenters. The minimum absolute atomic E-state index is 0.201. The standard InChI is InChI=1S/C47H71NO17/c1-27-17-15-13-11-9-7-5-6-8-10-12-14-16-18-34(64-46-44(58)41(48)43(57)30(4)63-46)24-38-40(45(59)60)37(54)26-47(61,65-38)25-36(53)35(52)20-19-31(49)21-32(50)22-33(51)23-39(55)62-29(3)28(2)42(27)56/h5-18,27-31,33-38,40-44,46,49,51-54,56-58,61H,19-26,48H2,1-4H3,(H,59,60)/b6-5+,9-7+,10-8+,13-11+,14-12+,17-15+,18-16+/t27-,28-,29-,30?,31+,33+,34?,35?,36+,37-,38?,40+,41?,42+,43?,44?,46?,47+/m0/s1. The molecule has 0 radical (unpaired) electrons. The van der Waals surface area contributed by atoms with Gasteiger partial charge in [0, 0.05) is 43.9 Å². The van der Waals surface area contributed by atoms with Gasteiger partial charge in [-0.05, 0) is 26.7 Å². The summed E-state index contributed by atoms with van der Waals surface area (Å²) in [5, 5.41) is 107. The van der Waals surface area contributed by atoms with Crippen LogP contribution in [0, 0.1) is 17.8 Å². The zero-order valence-electron chi connectivity index (χ0n) is 37.5. The molecule has 65 heavy (non-hydrogen) atoms. The number of aliphatic carboxylic acids is 1. The summed E-state index contributed by atoms with van der Waals surface area (Å²) in [6.07, 6.45) is 3.75. The number of carboxylic acid groups (broad SMARTS) is 1. The maximum absolute atomic E-state index is 12.7. The molecule has 366 valence electrons. The highest BCUT2D eigenvalue weighted by atomic mass is 16.7. The monoisotopic (exact) mass is 921 g/mol. The van der Waals surface area contributed by atoms with Crippen molar-refractivity contribution in [1.29, 1.82) is 0 Å². The molecule has 3 heterocycles. The second-order valence-corrected chi connectivity index (χ2v) is 17.4. The van der Waals surface area contributed by atoms with Crippen LogP contribution < -0.4 is 5.73 Å². The van der Waals surface area contributed by atoms with Gasteiger partial charge in [0.15, 0.2) is 12.1 Å². The predicted molar refractivity (Wildman–Crippen MR) is 236 cm³/mol. The van der Waals surface area contributed by atoms with E-state index in [1.165, 1.54) is 13.0 Å². The lowest BCUT2D eigenvalue weighted by Gasteiger charge is -2.45. The Kier molecular flexibility index (Phi) is 23.2. The van der Waals surface area contributed by atoms with Gasteiger partial charge in [-0.1, -0.05) is 98.9 Å². The summed E-state index contributed by atoms with van der Waals surface area (Å²) in [4.78, 5) is 37.7. The second kappa shape index (κ2) is 27.2. The molecule has 0 saturated carbocycles. The van der Waals surface area contributed by atoms with Crippen molar-refractivity contribution in [3.8, 4) is 0 Å². The summed E-state index contributed by atoms with van der Waals surface area (Å²) in [6.45, 7) is 6.69. The first-order valence-corrected chi connectivity index (χ1v) is 22.2. The zero-order chi connectivity index (χ0) is 48.4. The quantitative estimate of drug-likeness (QED) is 0.175. The van der Waals surface area contributed by atoms with Crippen LogP contribution in [0.5, 0.6) is 0 Å². The van der Waals surface area contributed by atoms with Gasteiger partial charge in [-0.15, -0.1) is 0 Å².